The lowest BCUT2D eigenvalue weighted by Gasteiger charge is -2.24. The summed E-state index contributed by atoms with van der Waals surface area (Å²) in [5.41, 5.74) is 11.5. The number of amides is 4. The maximum Gasteiger partial charge on any atom is 0.326 e. The van der Waals surface area contributed by atoms with Crippen molar-refractivity contribution in [1.29, 1.82) is 0 Å². The first-order valence-electron chi connectivity index (χ1n) is 10.9. The maximum atomic E-state index is 12.8. The SMILES string of the molecule is CSCCC(N)C(=O)NC(CC(=O)O)C(=O)NC(CC(N)=O)C(=O)NC(Cc1ccccc1)C(=O)O. The molecule has 14 heteroatoms. The molecular weight excluding hydrogens is 494 g/mol. The van der Waals surface area contributed by atoms with Gasteiger partial charge in [0.25, 0.3) is 0 Å². The highest BCUT2D eigenvalue weighted by Crippen LogP contribution is 2.06. The van der Waals surface area contributed by atoms with Gasteiger partial charge in [-0.3, -0.25) is 24.0 Å². The van der Waals surface area contributed by atoms with Crippen molar-refractivity contribution >= 4 is 47.3 Å². The summed E-state index contributed by atoms with van der Waals surface area (Å²) in [6.45, 7) is 0. The van der Waals surface area contributed by atoms with Gasteiger partial charge in [-0.15, -0.1) is 0 Å². The molecule has 0 bridgehead atoms. The van der Waals surface area contributed by atoms with E-state index in [4.69, 9.17) is 16.6 Å². The van der Waals surface area contributed by atoms with Gasteiger partial charge in [0.2, 0.25) is 23.6 Å². The van der Waals surface area contributed by atoms with Crippen LogP contribution < -0.4 is 27.4 Å². The molecule has 0 radical (unpaired) electrons. The molecule has 1 aromatic rings. The Morgan fingerprint density at radius 3 is 1.89 bits per heavy atom. The number of hydrogen-bond acceptors (Lipinski definition) is 8. The number of primary amides is 1. The number of carboxylic acids is 2. The molecule has 0 spiro atoms. The van der Waals surface area contributed by atoms with Crippen molar-refractivity contribution in [3.8, 4) is 0 Å². The first kappa shape index (κ1) is 30.4. The summed E-state index contributed by atoms with van der Waals surface area (Å²) in [5, 5.41) is 25.3. The number of carbonyl (C=O) groups is 6. The molecule has 0 saturated heterocycles. The first-order chi connectivity index (χ1) is 16.9. The van der Waals surface area contributed by atoms with Gasteiger partial charge in [-0.1, -0.05) is 30.3 Å². The van der Waals surface area contributed by atoms with Crippen LogP contribution in [0.2, 0.25) is 0 Å². The summed E-state index contributed by atoms with van der Waals surface area (Å²) in [7, 11) is 0. The quantitative estimate of drug-likeness (QED) is 0.128. The molecule has 0 saturated carbocycles. The fourth-order valence-electron chi connectivity index (χ4n) is 3.04. The van der Waals surface area contributed by atoms with Gasteiger partial charge < -0.3 is 37.6 Å². The highest BCUT2D eigenvalue weighted by atomic mass is 32.2. The summed E-state index contributed by atoms with van der Waals surface area (Å²) in [5.74, 6) is -6.08. The zero-order valence-electron chi connectivity index (χ0n) is 19.6. The Labute approximate surface area is 211 Å². The highest BCUT2D eigenvalue weighted by molar-refractivity contribution is 7.98. The normalized spacial score (nSPS) is 13.9. The van der Waals surface area contributed by atoms with Crippen LogP contribution in [-0.4, -0.2) is 82.0 Å². The summed E-state index contributed by atoms with van der Waals surface area (Å²) < 4.78 is 0. The number of thioether (sulfide) groups is 1. The van der Waals surface area contributed by atoms with E-state index in [0.29, 0.717) is 11.3 Å². The number of nitrogens with one attached hydrogen (secondary N) is 3. The minimum atomic E-state index is -1.62. The summed E-state index contributed by atoms with van der Waals surface area (Å²) in [6.07, 6.45) is 0.480. The van der Waals surface area contributed by atoms with Crippen LogP contribution in [0.5, 0.6) is 0 Å². The predicted molar refractivity (Wildman–Crippen MR) is 131 cm³/mol. The zero-order valence-corrected chi connectivity index (χ0v) is 20.5. The molecule has 4 atom stereocenters. The van der Waals surface area contributed by atoms with Crippen LogP contribution in [0.15, 0.2) is 30.3 Å². The minimum Gasteiger partial charge on any atom is -0.481 e. The Morgan fingerprint density at radius 2 is 1.39 bits per heavy atom. The molecule has 1 rings (SSSR count). The van der Waals surface area contributed by atoms with Gasteiger partial charge in [-0.25, -0.2) is 4.79 Å². The second-order valence-electron chi connectivity index (χ2n) is 7.87. The maximum absolute atomic E-state index is 12.8. The summed E-state index contributed by atoms with van der Waals surface area (Å²) in [4.78, 5) is 72.3. The standard InChI is InChI=1S/C22H31N5O8S/c1-36-8-7-13(23)19(31)25-15(11-18(29)30)21(33)26-14(10-17(24)28)20(32)27-16(22(34)35)9-12-5-3-2-4-6-12/h2-6,13-16H,7-11,23H2,1H3,(H2,24,28)(H,25,31)(H,26,33)(H,27,32)(H,29,30)(H,34,35). The lowest BCUT2D eigenvalue weighted by atomic mass is 10.0. The average molecular weight is 526 g/mol. The number of nitrogens with two attached hydrogens (primary N) is 2. The molecule has 0 aliphatic carbocycles. The van der Waals surface area contributed by atoms with E-state index in [2.05, 4.69) is 16.0 Å². The Bertz CT molecular complexity index is 946. The molecule has 198 valence electrons. The van der Waals surface area contributed by atoms with Crippen LogP contribution in [0.25, 0.3) is 0 Å². The second-order valence-corrected chi connectivity index (χ2v) is 8.85. The van der Waals surface area contributed by atoms with Crippen LogP contribution in [0.1, 0.15) is 24.8 Å². The van der Waals surface area contributed by atoms with Crippen molar-refractivity contribution in [2.24, 2.45) is 11.5 Å². The molecule has 13 nitrogen and oxygen atoms in total. The van der Waals surface area contributed by atoms with E-state index >= 15 is 0 Å². The van der Waals surface area contributed by atoms with Gasteiger partial charge in [0.15, 0.2) is 0 Å². The van der Waals surface area contributed by atoms with Gasteiger partial charge in [-0.05, 0) is 24.0 Å². The van der Waals surface area contributed by atoms with E-state index in [-0.39, 0.29) is 12.8 Å². The molecule has 1 aromatic carbocycles. The monoisotopic (exact) mass is 525 g/mol. The molecule has 0 aromatic heterocycles. The van der Waals surface area contributed by atoms with Gasteiger partial charge in [0, 0.05) is 6.42 Å². The van der Waals surface area contributed by atoms with E-state index in [1.54, 1.807) is 30.3 Å². The van der Waals surface area contributed by atoms with E-state index in [1.165, 1.54) is 11.8 Å². The van der Waals surface area contributed by atoms with Crippen LogP contribution in [0.4, 0.5) is 0 Å². The smallest absolute Gasteiger partial charge is 0.326 e. The van der Waals surface area contributed by atoms with Crippen LogP contribution in [-0.2, 0) is 35.2 Å². The Balaban J connectivity index is 2.99. The predicted octanol–water partition coefficient (Wildman–Crippen LogP) is -1.80. The lowest BCUT2D eigenvalue weighted by molar-refractivity contribution is -0.143. The first-order valence-corrected chi connectivity index (χ1v) is 12.3. The Hall–Kier alpha value is -3.65. The molecular formula is C22H31N5O8S. The second kappa shape index (κ2) is 15.4. The van der Waals surface area contributed by atoms with Gasteiger partial charge >= 0.3 is 11.9 Å². The number of benzene rings is 1. The number of hydrogen-bond donors (Lipinski definition) is 7. The zero-order chi connectivity index (χ0) is 27.3. The number of aliphatic carboxylic acids is 2. The number of carbonyl (C=O) groups excluding carboxylic acids is 4. The molecule has 0 fully saturated rings. The molecule has 36 heavy (non-hydrogen) atoms. The third kappa shape index (κ3) is 11.2. The van der Waals surface area contributed by atoms with Crippen LogP contribution >= 0.6 is 11.8 Å². The third-order valence-corrected chi connectivity index (χ3v) is 5.56. The lowest BCUT2D eigenvalue weighted by Crippen LogP contribution is -2.58. The fraction of sp³-hybridized carbons (Fsp3) is 0.455. The molecule has 9 N–H and O–H groups in total. The van der Waals surface area contributed by atoms with Gasteiger partial charge in [0.05, 0.1) is 18.9 Å². The summed E-state index contributed by atoms with van der Waals surface area (Å²) in [6, 6.07) is 2.81. The van der Waals surface area contributed by atoms with E-state index in [9.17, 15) is 33.9 Å². The molecule has 0 aliphatic rings. The largest absolute Gasteiger partial charge is 0.481 e. The van der Waals surface area contributed by atoms with Gasteiger partial charge in [-0.2, -0.15) is 11.8 Å². The Kier molecular flexibility index (Phi) is 13.0. The van der Waals surface area contributed by atoms with Crippen LogP contribution in [0.3, 0.4) is 0 Å². The highest BCUT2D eigenvalue weighted by Gasteiger charge is 2.32. The number of carboxylic acid groups (broad SMARTS) is 2. The topological polar surface area (TPSA) is 231 Å². The van der Waals surface area contributed by atoms with Crippen LogP contribution in [0, 0.1) is 0 Å². The fourth-order valence-corrected chi connectivity index (χ4v) is 3.53. The van der Waals surface area contributed by atoms with Crippen molar-refractivity contribution in [1.82, 2.24) is 16.0 Å². The molecule has 0 heterocycles. The number of rotatable bonds is 16. The average Bonchev–Trinajstić information content (AvgIpc) is 2.80. The van der Waals surface area contributed by atoms with Crippen molar-refractivity contribution < 1.29 is 39.0 Å². The summed E-state index contributed by atoms with van der Waals surface area (Å²) >= 11 is 1.44. The Morgan fingerprint density at radius 1 is 0.861 bits per heavy atom. The third-order valence-electron chi connectivity index (χ3n) is 4.92. The van der Waals surface area contributed by atoms with E-state index in [1.807, 2.05) is 6.26 Å². The van der Waals surface area contributed by atoms with E-state index < -0.39 is 72.6 Å². The molecule has 4 unspecified atom stereocenters. The van der Waals surface area contributed by atoms with Crippen molar-refractivity contribution in [3.05, 3.63) is 35.9 Å². The molecule has 4 amide bonds. The van der Waals surface area contributed by atoms with E-state index in [0.717, 1.165) is 0 Å². The van der Waals surface area contributed by atoms with Crippen molar-refractivity contribution in [3.63, 3.8) is 0 Å². The van der Waals surface area contributed by atoms with Crippen molar-refractivity contribution in [2.75, 3.05) is 12.0 Å². The molecule has 0 aliphatic heterocycles. The minimum absolute atomic E-state index is 0.0786. The van der Waals surface area contributed by atoms with Gasteiger partial charge in [0.1, 0.15) is 18.1 Å². The van der Waals surface area contributed by atoms with Crippen molar-refractivity contribution in [2.45, 2.75) is 49.9 Å².